The van der Waals surface area contributed by atoms with Gasteiger partial charge in [0, 0.05) is 19.6 Å². The lowest BCUT2D eigenvalue weighted by molar-refractivity contribution is -0.147. The molecule has 1 atom stereocenters. The molecule has 26 heavy (non-hydrogen) atoms. The molecule has 2 heterocycles. The second-order valence-electron chi connectivity index (χ2n) is 5.69. The number of amides is 1. The third-order valence-electron chi connectivity index (χ3n) is 4.19. The second-order valence-corrected chi connectivity index (χ2v) is 7.63. The van der Waals surface area contributed by atoms with Crippen LogP contribution in [0.4, 0.5) is 0 Å². The molecule has 1 aliphatic heterocycles. The number of esters is 1. The first-order chi connectivity index (χ1) is 12.4. The van der Waals surface area contributed by atoms with E-state index in [1.165, 1.54) is 40.8 Å². The molecule has 1 aliphatic rings. The number of benzene rings is 1. The van der Waals surface area contributed by atoms with Gasteiger partial charge in [0.1, 0.15) is 6.04 Å². The van der Waals surface area contributed by atoms with E-state index in [1.54, 1.807) is 24.3 Å². The number of carbonyl (C=O) groups is 2. The number of furan rings is 1. The number of methoxy groups -OCH3 is 1. The molecule has 1 unspecified atom stereocenters. The van der Waals surface area contributed by atoms with Gasteiger partial charge in [0.15, 0.2) is 5.76 Å². The van der Waals surface area contributed by atoms with Crippen LogP contribution in [0.15, 0.2) is 58.0 Å². The van der Waals surface area contributed by atoms with Gasteiger partial charge in [-0.3, -0.25) is 4.79 Å². The summed E-state index contributed by atoms with van der Waals surface area (Å²) in [6.07, 6.45) is 1.36. The molecule has 8 nitrogen and oxygen atoms in total. The summed E-state index contributed by atoms with van der Waals surface area (Å²) in [5.41, 5.74) is 0. The zero-order valence-corrected chi connectivity index (χ0v) is 14.9. The number of piperazine rings is 1. The van der Waals surface area contributed by atoms with E-state index in [2.05, 4.69) is 0 Å². The Hall–Kier alpha value is -2.65. The zero-order chi connectivity index (χ0) is 18.7. The first-order valence-electron chi connectivity index (χ1n) is 7.92. The lowest BCUT2D eigenvalue weighted by Crippen LogP contribution is -2.59. The summed E-state index contributed by atoms with van der Waals surface area (Å²) in [5.74, 6) is -1.08. The number of rotatable bonds is 4. The minimum Gasteiger partial charge on any atom is -0.467 e. The molecule has 0 spiro atoms. The Bertz CT molecular complexity index is 879. The normalized spacial score (nSPS) is 18.5. The molecule has 9 heteroatoms. The van der Waals surface area contributed by atoms with E-state index in [0.717, 1.165) is 0 Å². The second kappa shape index (κ2) is 7.30. The quantitative estimate of drug-likeness (QED) is 0.736. The average molecular weight is 378 g/mol. The van der Waals surface area contributed by atoms with Crippen LogP contribution in [0.2, 0.25) is 0 Å². The van der Waals surface area contributed by atoms with Crippen molar-refractivity contribution in [1.82, 2.24) is 9.21 Å². The van der Waals surface area contributed by atoms with E-state index in [9.17, 15) is 18.0 Å². The predicted molar refractivity (Wildman–Crippen MR) is 90.7 cm³/mol. The van der Waals surface area contributed by atoms with Crippen molar-refractivity contribution in [1.29, 1.82) is 0 Å². The van der Waals surface area contributed by atoms with E-state index in [-0.39, 0.29) is 30.3 Å². The predicted octanol–water partition coefficient (Wildman–Crippen LogP) is 0.968. The van der Waals surface area contributed by atoms with Gasteiger partial charge in [0.25, 0.3) is 5.91 Å². The molecular weight excluding hydrogens is 360 g/mol. The summed E-state index contributed by atoms with van der Waals surface area (Å²) in [4.78, 5) is 26.2. The van der Waals surface area contributed by atoms with Crippen molar-refractivity contribution < 1.29 is 27.2 Å². The Balaban J connectivity index is 1.87. The smallest absolute Gasteiger partial charge is 0.329 e. The largest absolute Gasteiger partial charge is 0.467 e. The van der Waals surface area contributed by atoms with Crippen LogP contribution in [-0.2, 0) is 19.6 Å². The Kier molecular flexibility index (Phi) is 5.10. The Morgan fingerprint density at radius 3 is 2.46 bits per heavy atom. The highest BCUT2D eigenvalue weighted by atomic mass is 32.2. The Labute approximate surface area is 151 Å². The van der Waals surface area contributed by atoms with Crippen molar-refractivity contribution in [3.8, 4) is 0 Å². The summed E-state index contributed by atoms with van der Waals surface area (Å²) < 4.78 is 36.7. The van der Waals surface area contributed by atoms with Gasteiger partial charge >= 0.3 is 5.97 Å². The molecule has 0 radical (unpaired) electrons. The number of carbonyl (C=O) groups excluding carboxylic acids is 2. The van der Waals surface area contributed by atoms with Gasteiger partial charge in [0.05, 0.1) is 18.3 Å². The third kappa shape index (κ3) is 3.35. The molecule has 1 fully saturated rings. The molecule has 2 aromatic rings. The zero-order valence-electron chi connectivity index (χ0n) is 14.1. The minimum atomic E-state index is -3.78. The molecule has 1 amide bonds. The molecule has 1 aromatic heterocycles. The number of hydrogen-bond donors (Lipinski definition) is 0. The van der Waals surface area contributed by atoms with Crippen LogP contribution in [0.1, 0.15) is 10.6 Å². The fourth-order valence-electron chi connectivity index (χ4n) is 2.84. The maximum Gasteiger partial charge on any atom is 0.329 e. The maximum absolute atomic E-state index is 12.8. The number of ether oxygens (including phenoxy) is 1. The van der Waals surface area contributed by atoms with Crippen molar-refractivity contribution in [2.75, 3.05) is 26.7 Å². The van der Waals surface area contributed by atoms with Crippen LogP contribution in [0.25, 0.3) is 0 Å². The van der Waals surface area contributed by atoms with E-state index in [0.29, 0.717) is 0 Å². The monoisotopic (exact) mass is 378 g/mol. The average Bonchev–Trinajstić information content (AvgIpc) is 3.21. The molecule has 1 aromatic carbocycles. The lowest BCUT2D eigenvalue weighted by atomic mass is 10.2. The van der Waals surface area contributed by atoms with Gasteiger partial charge in [-0.15, -0.1) is 0 Å². The van der Waals surface area contributed by atoms with Crippen molar-refractivity contribution in [2.45, 2.75) is 10.9 Å². The van der Waals surface area contributed by atoms with Crippen LogP contribution in [-0.4, -0.2) is 62.3 Å². The van der Waals surface area contributed by atoms with Crippen LogP contribution < -0.4 is 0 Å². The Morgan fingerprint density at radius 2 is 1.85 bits per heavy atom. The summed E-state index contributed by atoms with van der Waals surface area (Å²) in [6, 6.07) is 9.95. The van der Waals surface area contributed by atoms with E-state index in [4.69, 9.17) is 9.15 Å². The highest BCUT2D eigenvalue weighted by molar-refractivity contribution is 7.89. The van der Waals surface area contributed by atoms with Gasteiger partial charge in [0.2, 0.25) is 10.0 Å². The molecule has 3 rings (SSSR count). The standard InChI is InChI=1S/C17H18N2O6S/c1-24-17(21)14-12-18(26(22,23)13-6-3-2-4-7-13)9-10-19(14)16(20)15-8-5-11-25-15/h2-8,11,14H,9-10,12H2,1H3. The molecule has 0 bridgehead atoms. The van der Waals surface area contributed by atoms with Gasteiger partial charge in [-0.1, -0.05) is 18.2 Å². The fraction of sp³-hybridized carbons (Fsp3) is 0.294. The van der Waals surface area contributed by atoms with Gasteiger partial charge in [-0.05, 0) is 24.3 Å². The van der Waals surface area contributed by atoms with Crippen LogP contribution in [0.3, 0.4) is 0 Å². The van der Waals surface area contributed by atoms with Crippen LogP contribution in [0.5, 0.6) is 0 Å². The highest BCUT2D eigenvalue weighted by Crippen LogP contribution is 2.22. The van der Waals surface area contributed by atoms with Crippen LogP contribution >= 0.6 is 0 Å². The third-order valence-corrected chi connectivity index (χ3v) is 6.07. The molecular formula is C17H18N2O6S. The summed E-state index contributed by atoms with van der Waals surface area (Å²) in [7, 11) is -2.58. The van der Waals surface area contributed by atoms with Gasteiger partial charge in [-0.2, -0.15) is 4.31 Å². The molecule has 0 aliphatic carbocycles. The van der Waals surface area contributed by atoms with Gasteiger partial charge in [-0.25, -0.2) is 13.2 Å². The van der Waals surface area contributed by atoms with Crippen molar-refractivity contribution >= 4 is 21.9 Å². The van der Waals surface area contributed by atoms with Crippen molar-refractivity contribution in [3.63, 3.8) is 0 Å². The topological polar surface area (TPSA) is 97.1 Å². The van der Waals surface area contributed by atoms with Crippen molar-refractivity contribution in [3.05, 3.63) is 54.5 Å². The molecule has 1 saturated heterocycles. The number of sulfonamides is 1. The molecule has 0 N–H and O–H groups in total. The van der Waals surface area contributed by atoms with Crippen LogP contribution in [0, 0.1) is 0 Å². The van der Waals surface area contributed by atoms with E-state index < -0.39 is 27.9 Å². The first kappa shape index (κ1) is 18.2. The van der Waals surface area contributed by atoms with Crippen molar-refractivity contribution in [2.24, 2.45) is 0 Å². The number of hydrogen-bond acceptors (Lipinski definition) is 6. The highest BCUT2D eigenvalue weighted by Gasteiger charge is 2.41. The summed E-state index contributed by atoms with van der Waals surface area (Å²) >= 11 is 0. The van der Waals surface area contributed by atoms with E-state index >= 15 is 0 Å². The van der Waals surface area contributed by atoms with E-state index in [1.807, 2.05) is 0 Å². The molecule has 0 saturated carbocycles. The van der Waals surface area contributed by atoms with Gasteiger partial charge < -0.3 is 14.1 Å². The summed E-state index contributed by atoms with van der Waals surface area (Å²) in [6.45, 7) is -0.0706. The Morgan fingerprint density at radius 1 is 1.12 bits per heavy atom. The molecule has 138 valence electrons. The SMILES string of the molecule is COC(=O)C1CN(S(=O)(=O)c2ccccc2)CCN1C(=O)c1ccco1. The minimum absolute atomic E-state index is 0.0470. The summed E-state index contributed by atoms with van der Waals surface area (Å²) in [5, 5.41) is 0. The number of nitrogens with zero attached hydrogens (tertiary/aromatic N) is 2. The maximum atomic E-state index is 12.8. The first-order valence-corrected chi connectivity index (χ1v) is 9.36. The lowest BCUT2D eigenvalue weighted by Gasteiger charge is -2.38. The fourth-order valence-corrected chi connectivity index (χ4v) is 4.30.